The number of hydrogen-bond acceptors (Lipinski definition) is 3. The van der Waals surface area contributed by atoms with Crippen LogP contribution in [0.4, 0.5) is 4.39 Å². The number of benzene rings is 2. The van der Waals surface area contributed by atoms with Crippen molar-refractivity contribution in [2.45, 2.75) is 13.0 Å². The van der Waals surface area contributed by atoms with Gasteiger partial charge in [0, 0.05) is 24.3 Å². The van der Waals surface area contributed by atoms with Crippen molar-refractivity contribution in [3.05, 3.63) is 71.7 Å². The van der Waals surface area contributed by atoms with Gasteiger partial charge >= 0.3 is 0 Å². The van der Waals surface area contributed by atoms with E-state index in [-0.39, 0.29) is 12.4 Å². The Hall–Kier alpha value is -2.46. The summed E-state index contributed by atoms with van der Waals surface area (Å²) in [5.41, 5.74) is 2.76. The van der Waals surface area contributed by atoms with Crippen LogP contribution in [0, 0.1) is 5.82 Å². The second kappa shape index (κ2) is 6.54. The minimum absolute atomic E-state index is 0.117. The highest BCUT2D eigenvalue weighted by Crippen LogP contribution is 2.21. The van der Waals surface area contributed by atoms with Crippen LogP contribution < -0.4 is 4.74 Å². The van der Waals surface area contributed by atoms with Crippen molar-refractivity contribution in [3.8, 4) is 5.75 Å². The first-order chi connectivity index (χ1) is 10.7. The Morgan fingerprint density at radius 3 is 2.59 bits per heavy atom. The first-order valence-electron chi connectivity index (χ1n) is 7.11. The van der Waals surface area contributed by atoms with Crippen molar-refractivity contribution in [2.75, 3.05) is 6.61 Å². The molecule has 0 atom stereocenters. The van der Waals surface area contributed by atoms with Gasteiger partial charge in [0.15, 0.2) is 0 Å². The normalized spacial score (nSPS) is 10.8. The lowest BCUT2D eigenvalue weighted by molar-refractivity contribution is 0.299. The zero-order valence-electron chi connectivity index (χ0n) is 12.0. The number of hydrogen-bond donors (Lipinski definition) is 1. The Morgan fingerprint density at radius 2 is 1.82 bits per heavy atom. The smallest absolute Gasteiger partial charge is 0.123 e. The molecular formula is C18H16FNO2. The van der Waals surface area contributed by atoms with Crippen molar-refractivity contribution in [1.29, 1.82) is 0 Å². The number of halogens is 1. The number of pyridine rings is 1. The fourth-order valence-electron chi connectivity index (χ4n) is 2.25. The first-order valence-corrected chi connectivity index (χ1v) is 7.11. The summed E-state index contributed by atoms with van der Waals surface area (Å²) >= 11 is 0. The van der Waals surface area contributed by atoms with Gasteiger partial charge in [-0.1, -0.05) is 12.1 Å². The van der Waals surface area contributed by atoms with E-state index in [9.17, 15) is 4.39 Å². The van der Waals surface area contributed by atoms with Gasteiger partial charge in [-0.25, -0.2) is 4.39 Å². The first kappa shape index (κ1) is 14.5. The van der Waals surface area contributed by atoms with E-state index in [4.69, 9.17) is 9.84 Å². The molecule has 0 radical (unpaired) electrons. The van der Waals surface area contributed by atoms with Crippen LogP contribution >= 0.6 is 0 Å². The molecule has 0 amide bonds. The molecule has 0 bridgehead atoms. The summed E-state index contributed by atoms with van der Waals surface area (Å²) in [5.74, 6) is 0.469. The third-order valence-corrected chi connectivity index (χ3v) is 3.43. The predicted octanol–water partition coefficient (Wildman–Crippen LogP) is 3.49. The summed E-state index contributed by atoms with van der Waals surface area (Å²) in [6.07, 6.45) is 2.37. The van der Waals surface area contributed by atoms with Crippen LogP contribution in [0.25, 0.3) is 10.9 Å². The van der Waals surface area contributed by atoms with Gasteiger partial charge in [-0.3, -0.25) is 4.98 Å². The van der Waals surface area contributed by atoms with Gasteiger partial charge in [0.1, 0.15) is 18.2 Å². The van der Waals surface area contributed by atoms with Gasteiger partial charge in [0.25, 0.3) is 0 Å². The number of fused-ring (bicyclic) bond motifs is 1. The van der Waals surface area contributed by atoms with E-state index in [0.29, 0.717) is 13.0 Å². The standard InChI is InChI=1S/C18H16FNO2/c19-16-4-1-13(2-5-16)12-22-17-6-3-15-9-14(7-8-21)11-20-18(15)10-17/h1-6,9-11,21H,7-8,12H2. The molecule has 0 saturated carbocycles. The summed E-state index contributed by atoms with van der Waals surface area (Å²) in [6, 6.07) is 14.0. The molecule has 4 heteroatoms. The highest BCUT2D eigenvalue weighted by molar-refractivity contribution is 5.80. The number of rotatable bonds is 5. The van der Waals surface area contributed by atoms with E-state index in [1.54, 1.807) is 18.3 Å². The lowest BCUT2D eigenvalue weighted by atomic mass is 10.1. The molecule has 112 valence electrons. The molecule has 1 N–H and O–H groups in total. The third kappa shape index (κ3) is 3.40. The van der Waals surface area contributed by atoms with Crippen LogP contribution in [0.15, 0.2) is 54.7 Å². The monoisotopic (exact) mass is 297 g/mol. The number of aliphatic hydroxyl groups is 1. The molecule has 0 aliphatic heterocycles. The molecule has 22 heavy (non-hydrogen) atoms. The van der Waals surface area contributed by atoms with Gasteiger partial charge in [-0.2, -0.15) is 0 Å². The molecule has 0 aliphatic carbocycles. The Bertz CT molecular complexity index is 772. The number of aromatic nitrogens is 1. The molecule has 0 aliphatic rings. The maximum atomic E-state index is 12.8. The Kier molecular flexibility index (Phi) is 4.30. The van der Waals surface area contributed by atoms with Gasteiger partial charge in [-0.05, 0) is 47.9 Å². The molecule has 2 aromatic carbocycles. The summed E-state index contributed by atoms with van der Waals surface area (Å²) in [7, 11) is 0. The van der Waals surface area contributed by atoms with Gasteiger partial charge in [0.05, 0.1) is 5.52 Å². The zero-order chi connectivity index (χ0) is 15.4. The lowest BCUT2D eigenvalue weighted by Gasteiger charge is -2.08. The van der Waals surface area contributed by atoms with Crippen LogP contribution in [-0.4, -0.2) is 16.7 Å². The quantitative estimate of drug-likeness (QED) is 0.784. The van der Waals surface area contributed by atoms with Crippen LogP contribution in [0.5, 0.6) is 5.75 Å². The molecule has 1 heterocycles. The maximum absolute atomic E-state index is 12.8. The van der Waals surface area contributed by atoms with E-state index in [0.717, 1.165) is 27.8 Å². The highest BCUT2D eigenvalue weighted by atomic mass is 19.1. The highest BCUT2D eigenvalue weighted by Gasteiger charge is 2.02. The minimum atomic E-state index is -0.252. The Labute approximate surface area is 128 Å². The molecule has 0 unspecified atom stereocenters. The molecule has 0 saturated heterocycles. The minimum Gasteiger partial charge on any atom is -0.489 e. The number of ether oxygens (including phenoxy) is 1. The van der Waals surface area contributed by atoms with E-state index >= 15 is 0 Å². The van der Waals surface area contributed by atoms with Crippen molar-refractivity contribution in [1.82, 2.24) is 4.98 Å². The topological polar surface area (TPSA) is 42.4 Å². The zero-order valence-corrected chi connectivity index (χ0v) is 12.0. The molecule has 0 fully saturated rings. The molecule has 0 spiro atoms. The molecule has 3 aromatic rings. The van der Waals surface area contributed by atoms with Crippen LogP contribution in [0.2, 0.25) is 0 Å². The summed E-state index contributed by atoms with van der Waals surface area (Å²) in [6.45, 7) is 0.500. The predicted molar refractivity (Wildman–Crippen MR) is 83.3 cm³/mol. The summed E-state index contributed by atoms with van der Waals surface area (Å²) in [5, 5.41) is 9.97. The van der Waals surface area contributed by atoms with E-state index < -0.39 is 0 Å². The van der Waals surface area contributed by atoms with Crippen molar-refractivity contribution >= 4 is 10.9 Å². The molecular weight excluding hydrogens is 281 g/mol. The largest absolute Gasteiger partial charge is 0.489 e. The SMILES string of the molecule is OCCc1cnc2cc(OCc3ccc(F)cc3)ccc2c1. The second-order valence-corrected chi connectivity index (χ2v) is 5.09. The van der Waals surface area contributed by atoms with E-state index in [1.165, 1.54) is 12.1 Å². The van der Waals surface area contributed by atoms with Crippen molar-refractivity contribution < 1.29 is 14.2 Å². The summed E-state index contributed by atoms with van der Waals surface area (Å²) in [4.78, 5) is 4.39. The third-order valence-electron chi connectivity index (χ3n) is 3.43. The fourth-order valence-corrected chi connectivity index (χ4v) is 2.25. The Morgan fingerprint density at radius 1 is 1.00 bits per heavy atom. The van der Waals surface area contributed by atoms with Crippen molar-refractivity contribution in [2.24, 2.45) is 0 Å². The lowest BCUT2D eigenvalue weighted by Crippen LogP contribution is -1.96. The van der Waals surface area contributed by atoms with Crippen LogP contribution in [0.3, 0.4) is 0 Å². The van der Waals surface area contributed by atoms with Gasteiger partial charge < -0.3 is 9.84 Å². The molecule has 1 aromatic heterocycles. The fraction of sp³-hybridized carbons (Fsp3) is 0.167. The molecule has 3 rings (SSSR count). The van der Waals surface area contributed by atoms with Gasteiger partial charge in [0.2, 0.25) is 0 Å². The summed E-state index contributed by atoms with van der Waals surface area (Å²) < 4.78 is 18.6. The second-order valence-electron chi connectivity index (χ2n) is 5.09. The van der Waals surface area contributed by atoms with Gasteiger partial charge in [-0.15, -0.1) is 0 Å². The Balaban J connectivity index is 1.74. The van der Waals surface area contributed by atoms with E-state index in [2.05, 4.69) is 4.98 Å². The average molecular weight is 297 g/mol. The number of nitrogens with zero attached hydrogens (tertiary/aromatic N) is 1. The van der Waals surface area contributed by atoms with Crippen molar-refractivity contribution in [3.63, 3.8) is 0 Å². The number of aliphatic hydroxyl groups excluding tert-OH is 1. The van der Waals surface area contributed by atoms with Crippen LogP contribution in [-0.2, 0) is 13.0 Å². The van der Waals surface area contributed by atoms with Crippen LogP contribution in [0.1, 0.15) is 11.1 Å². The maximum Gasteiger partial charge on any atom is 0.123 e. The average Bonchev–Trinajstić information content (AvgIpc) is 2.54. The molecule has 3 nitrogen and oxygen atoms in total. The van der Waals surface area contributed by atoms with E-state index in [1.807, 2.05) is 24.3 Å².